The lowest BCUT2D eigenvalue weighted by Gasteiger charge is -1.99. The van der Waals surface area contributed by atoms with Gasteiger partial charge in [0.05, 0.1) is 0 Å². The van der Waals surface area contributed by atoms with Crippen molar-refractivity contribution in [2.24, 2.45) is 0 Å². The summed E-state index contributed by atoms with van der Waals surface area (Å²) in [5, 5.41) is 0. The molecule has 126 valence electrons. The van der Waals surface area contributed by atoms with Gasteiger partial charge in [0, 0.05) is 12.0 Å². The van der Waals surface area contributed by atoms with Crippen LogP contribution in [0, 0.1) is 0 Å². The highest BCUT2D eigenvalue weighted by Crippen LogP contribution is 2.10. The van der Waals surface area contributed by atoms with Crippen LogP contribution >= 0.6 is 0 Å². The van der Waals surface area contributed by atoms with Crippen LogP contribution in [0.25, 0.3) is 6.08 Å². The SMILES string of the molecule is C.C=CC(=O)CCCCCCC/C=C\c1ccc(C(C)=O)cc1. The minimum absolute atomic E-state index is 0. The van der Waals surface area contributed by atoms with Crippen LogP contribution in [0.5, 0.6) is 0 Å². The molecule has 0 aliphatic rings. The fraction of sp³-hybridized carbons (Fsp3) is 0.429. The second kappa shape index (κ2) is 12.6. The van der Waals surface area contributed by atoms with Crippen molar-refractivity contribution in [1.29, 1.82) is 0 Å². The molecule has 0 fully saturated rings. The average Bonchev–Trinajstić information content (AvgIpc) is 2.53. The predicted octanol–water partition coefficient (Wildman–Crippen LogP) is 6.02. The summed E-state index contributed by atoms with van der Waals surface area (Å²) in [4.78, 5) is 22.2. The lowest BCUT2D eigenvalue weighted by Crippen LogP contribution is -1.91. The molecule has 0 radical (unpaired) electrons. The Bertz CT molecular complexity index is 509. The van der Waals surface area contributed by atoms with Crippen molar-refractivity contribution >= 4 is 17.6 Å². The maximum atomic E-state index is 11.2. The smallest absolute Gasteiger partial charge is 0.159 e. The molecule has 0 atom stereocenters. The number of rotatable bonds is 11. The van der Waals surface area contributed by atoms with Crippen molar-refractivity contribution in [3.63, 3.8) is 0 Å². The van der Waals surface area contributed by atoms with Crippen molar-refractivity contribution in [2.75, 3.05) is 0 Å². The highest BCUT2D eigenvalue weighted by molar-refractivity contribution is 5.94. The zero-order chi connectivity index (χ0) is 16.2. The average molecular weight is 314 g/mol. The van der Waals surface area contributed by atoms with Crippen LogP contribution in [0.1, 0.15) is 75.2 Å². The summed E-state index contributed by atoms with van der Waals surface area (Å²) in [7, 11) is 0. The van der Waals surface area contributed by atoms with Crippen LogP contribution in [0.2, 0.25) is 0 Å². The Balaban J connectivity index is 0.00000484. The Morgan fingerprint density at radius 1 is 1.00 bits per heavy atom. The van der Waals surface area contributed by atoms with Gasteiger partial charge in [-0.1, -0.05) is 69.7 Å². The van der Waals surface area contributed by atoms with E-state index in [0.29, 0.717) is 6.42 Å². The molecule has 0 amide bonds. The molecular formula is C21H30O2. The second-order valence-electron chi connectivity index (χ2n) is 5.56. The quantitative estimate of drug-likeness (QED) is 0.284. The van der Waals surface area contributed by atoms with Gasteiger partial charge in [-0.05, 0) is 37.8 Å². The Hall–Kier alpha value is -1.96. The Morgan fingerprint density at radius 3 is 2.22 bits per heavy atom. The largest absolute Gasteiger partial charge is 0.295 e. The van der Waals surface area contributed by atoms with Gasteiger partial charge >= 0.3 is 0 Å². The number of allylic oxidation sites excluding steroid dienone is 2. The number of hydrogen-bond donors (Lipinski definition) is 0. The maximum absolute atomic E-state index is 11.2. The molecule has 0 spiro atoms. The molecule has 2 nitrogen and oxygen atoms in total. The number of unbranched alkanes of at least 4 members (excludes halogenated alkanes) is 5. The van der Waals surface area contributed by atoms with E-state index in [1.807, 2.05) is 24.3 Å². The van der Waals surface area contributed by atoms with Crippen molar-refractivity contribution in [3.05, 3.63) is 54.1 Å². The summed E-state index contributed by atoms with van der Waals surface area (Å²) in [5.74, 6) is 0.254. The standard InChI is InChI=1S/C20H26O2.CH4/c1-3-20(22)12-10-8-6-4-5-7-9-11-18-13-15-19(16-14-18)17(2)21;/h3,9,11,13-16H,1,4-8,10,12H2,2H3;1H4/b11-9-;. The topological polar surface area (TPSA) is 34.1 Å². The van der Waals surface area contributed by atoms with Crippen LogP contribution in [0.4, 0.5) is 0 Å². The molecule has 0 N–H and O–H groups in total. The molecule has 0 aromatic heterocycles. The van der Waals surface area contributed by atoms with E-state index in [4.69, 9.17) is 0 Å². The summed E-state index contributed by atoms with van der Waals surface area (Å²) in [6, 6.07) is 7.69. The highest BCUT2D eigenvalue weighted by Gasteiger charge is 1.97. The molecule has 0 saturated carbocycles. The first-order valence-corrected chi connectivity index (χ1v) is 8.06. The van der Waals surface area contributed by atoms with Crippen LogP contribution in [-0.2, 0) is 4.79 Å². The first-order valence-electron chi connectivity index (χ1n) is 8.06. The van der Waals surface area contributed by atoms with Gasteiger partial charge in [0.15, 0.2) is 11.6 Å². The Labute approximate surface area is 141 Å². The summed E-state index contributed by atoms with van der Waals surface area (Å²) < 4.78 is 0. The molecule has 0 bridgehead atoms. The van der Waals surface area contributed by atoms with E-state index >= 15 is 0 Å². The number of benzene rings is 1. The zero-order valence-corrected chi connectivity index (χ0v) is 13.5. The van der Waals surface area contributed by atoms with Gasteiger partial charge in [-0.15, -0.1) is 0 Å². The monoisotopic (exact) mass is 314 g/mol. The molecule has 1 aromatic carbocycles. The Kier molecular flexibility index (Phi) is 11.5. The molecule has 1 rings (SSSR count). The fourth-order valence-corrected chi connectivity index (χ4v) is 2.24. The van der Waals surface area contributed by atoms with Gasteiger partial charge in [-0.2, -0.15) is 0 Å². The fourth-order valence-electron chi connectivity index (χ4n) is 2.24. The molecule has 0 heterocycles. The molecule has 1 aromatic rings. The first kappa shape index (κ1) is 21.0. The van der Waals surface area contributed by atoms with Gasteiger partial charge < -0.3 is 0 Å². The van der Waals surface area contributed by atoms with Gasteiger partial charge in [0.2, 0.25) is 0 Å². The third-order valence-corrected chi connectivity index (χ3v) is 3.65. The number of carbonyl (C=O) groups excluding carboxylic acids is 2. The normalized spacial score (nSPS) is 10.3. The highest BCUT2D eigenvalue weighted by atomic mass is 16.1. The molecule has 0 aliphatic heterocycles. The van der Waals surface area contributed by atoms with Crippen molar-refractivity contribution in [1.82, 2.24) is 0 Å². The van der Waals surface area contributed by atoms with E-state index in [1.165, 1.54) is 25.3 Å². The molecule has 0 unspecified atom stereocenters. The summed E-state index contributed by atoms with van der Waals surface area (Å²) >= 11 is 0. The van der Waals surface area contributed by atoms with Crippen LogP contribution in [-0.4, -0.2) is 11.6 Å². The van der Waals surface area contributed by atoms with Crippen LogP contribution < -0.4 is 0 Å². The third-order valence-electron chi connectivity index (χ3n) is 3.65. The van der Waals surface area contributed by atoms with Crippen LogP contribution in [0.15, 0.2) is 43.0 Å². The molecule has 23 heavy (non-hydrogen) atoms. The van der Waals surface area contributed by atoms with E-state index in [-0.39, 0.29) is 19.0 Å². The van der Waals surface area contributed by atoms with E-state index < -0.39 is 0 Å². The van der Waals surface area contributed by atoms with Gasteiger partial charge in [0.25, 0.3) is 0 Å². The lowest BCUT2D eigenvalue weighted by molar-refractivity contribution is -0.114. The predicted molar refractivity (Wildman–Crippen MR) is 99.7 cm³/mol. The van der Waals surface area contributed by atoms with Crippen LogP contribution in [0.3, 0.4) is 0 Å². The van der Waals surface area contributed by atoms with Gasteiger partial charge in [-0.25, -0.2) is 0 Å². The number of ketones is 2. The minimum Gasteiger partial charge on any atom is -0.295 e. The third kappa shape index (κ3) is 9.62. The van der Waals surface area contributed by atoms with Crippen molar-refractivity contribution in [2.45, 2.75) is 59.3 Å². The van der Waals surface area contributed by atoms with Crippen molar-refractivity contribution < 1.29 is 9.59 Å². The van der Waals surface area contributed by atoms with E-state index in [2.05, 4.69) is 18.7 Å². The summed E-state index contributed by atoms with van der Waals surface area (Å²) in [6.07, 6.45) is 13.1. The lowest BCUT2D eigenvalue weighted by atomic mass is 10.1. The number of Topliss-reactive ketones (excluding diaryl/α,β-unsaturated/α-hetero) is 1. The Morgan fingerprint density at radius 2 is 1.61 bits per heavy atom. The molecular weight excluding hydrogens is 284 g/mol. The first-order chi connectivity index (χ1) is 10.6. The summed E-state index contributed by atoms with van der Waals surface area (Å²) in [5.41, 5.74) is 1.89. The van der Waals surface area contributed by atoms with Crippen molar-refractivity contribution in [3.8, 4) is 0 Å². The van der Waals surface area contributed by atoms with Gasteiger partial charge in [-0.3, -0.25) is 9.59 Å². The zero-order valence-electron chi connectivity index (χ0n) is 13.5. The second-order valence-corrected chi connectivity index (χ2v) is 5.56. The van der Waals surface area contributed by atoms with Gasteiger partial charge in [0.1, 0.15) is 0 Å². The maximum Gasteiger partial charge on any atom is 0.159 e. The van der Waals surface area contributed by atoms with E-state index in [0.717, 1.165) is 30.4 Å². The molecule has 2 heteroatoms. The molecule has 0 aliphatic carbocycles. The summed E-state index contributed by atoms with van der Waals surface area (Å²) in [6.45, 7) is 5.06. The number of hydrogen-bond acceptors (Lipinski definition) is 2. The minimum atomic E-state index is 0. The molecule has 0 saturated heterocycles. The number of carbonyl (C=O) groups is 2. The van der Waals surface area contributed by atoms with E-state index in [9.17, 15) is 9.59 Å². The van der Waals surface area contributed by atoms with E-state index in [1.54, 1.807) is 6.92 Å².